The summed E-state index contributed by atoms with van der Waals surface area (Å²) in [4.78, 5) is 18.9. The fourth-order valence-corrected chi connectivity index (χ4v) is 3.42. The number of benzene rings is 1. The van der Waals surface area contributed by atoms with Gasteiger partial charge >= 0.3 is 6.18 Å². The molecule has 1 fully saturated rings. The number of nitrogens with zero attached hydrogens (tertiary/aromatic N) is 3. The number of piperidine rings is 1. The summed E-state index contributed by atoms with van der Waals surface area (Å²) in [6.45, 7) is 2.36. The molecule has 0 bridgehead atoms. The molecule has 3 rings (SSSR count). The van der Waals surface area contributed by atoms with Gasteiger partial charge in [0.2, 0.25) is 0 Å². The maximum atomic E-state index is 12.7. The van der Waals surface area contributed by atoms with Crippen LogP contribution >= 0.6 is 0 Å². The van der Waals surface area contributed by atoms with Crippen LogP contribution in [0.25, 0.3) is 0 Å². The minimum atomic E-state index is -4.41. The normalized spacial score (nSPS) is 17.9. The number of alkyl halides is 3. The van der Waals surface area contributed by atoms with Crippen molar-refractivity contribution >= 4 is 5.91 Å². The summed E-state index contributed by atoms with van der Waals surface area (Å²) in [6, 6.07) is 4.39. The molecule has 1 aliphatic heterocycles. The molecule has 0 radical (unpaired) electrons. The number of hydrogen-bond donors (Lipinski definition) is 0. The van der Waals surface area contributed by atoms with Crippen molar-refractivity contribution in [3.63, 3.8) is 0 Å². The molecule has 1 aliphatic rings. The lowest BCUT2D eigenvalue weighted by Gasteiger charge is -2.33. The first kappa shape index (κ1) is 19.4. The maximum absolute atomic E-state index is 12.7. The second kappa shape index (κ2) is 8.12. The number of halogens is 3. The molecule has 27 heavy (non-hydrogen) atoms. The van der Waals surface area contributed by atoms with E-state index >= 15 is 0 Å². The van der Waals surface area contributed by atoms with E-state index in [2.05, 4.69) is 4.98 Å². The number of imidazole rings is 1. The van der Waals surface area contributed by atoms with E-state index < -0.39 is 11.7 Å². The van der Waals surface area contributed by atoms with Crippen LogP contribution in [0.1, 0.15) is 40.5 Å². The van der Waals surface area contributed by atoms with Gasteiger partial charge in [-0.3, -0.25) is 4.79 Å². The molecule has 146 valence electrons. The Bertz CT molecular complexity index is 771. The summed E-state index contributed by atoms with van der Waals surface area (Å²) in [5, 5.41) is 0. The first-order chi connectivity index (χ1) is 12.9. The van der Waals surface area contributed by atoms with Gasteiger partial charge in [0, 0.05) is 50.6 Å². The standard InChI is InChI=1S/C19H22F3N3O2/c1-27-12-11-24-10-8-23-17(24)15-3-2-9-25(13-15)18(26)14-4-6-16(7-5-14)19(20,21)22/h4-8,10,15H,2-3,9,11-13H2,1H3/t15-/m1/s1. The molecule has 5 nitrogen and oxygen atoms in total. The predicted molar refractivity (Wildman–Crippen MR) is 93.4 cm³/mol. The molecule has 1 aromatic heterocycles. The highest BCUT2D eigenvalue weighted by Crippen LogP contribution is 2.30. The van der Waals surface area contributed by atoms with E-state index in [1.165, 1.54) is 12.1 Å². The number of likely N-dealkylation sites (tertiary alicyclic amines) is 1. The number of carbonyl (C=O) groups excluding carboxylic acids is 1. The summed E-state index contributed by atoms with van der Waals surface area (Å²) in [5.41, 5.74) is -0.484. The fourth-order valence-electron chi connectivity index (χ4n) is 3.42. The van der Waals surface area contributed by atoms with Crippen LogP contribution in [-0.2, 0) is 17.5 Å². The molecule has 0 saturated carbocycles. The largest absolute Gasteiger partial charge is 0.416 e. The molecule has 0 aliphatic carbocycles. The van der Waals surface area contributed by atoms with Gasteiger partial charge in [-0.2, -0.15) is 13.2 Å². The molecular weight excluding hydrogens is 359 g/mol. The van der Waals surface area contributed by atoms with Crippen molar-refractivity contribution in [2.75, 3.05) is 26.8 Å². The topological polar surface area (TPSA) is 47.4 Å². The zero-order chi connectivity index (χ0) is 19.4. The van der Waals surface area contributed by atoms with Gasteiger partial charge in [0.25, 0.3) is 5.91 Å². The average molecular weight is 381 g/mol. The zero-order valence-corrected chi connectivity index (χ0v) is 15.1. The Labute approximate surface area is 155 Å². The van der Waals surface area contributed by atoms with E-state index in [1.807, 2.05) is 10.8 Å². The van der Waals surface area contributed by atoms with Crippen LogP contribution < -0.4 is 0 Å². The van der Waals surface area contributed by atoms with Crippen molar-refractivity contribution in [2.24, 2.45) is 0 Å². The van der Waals surface area contributed by atoms with Gasteiger partial charge in [-0.25, -0.2) is 4.98 Å². The quantitative estimate of drug-likeness (QED) is 0.796. The van der Waals surface area contributed by atoms with Crippen molar-refractivity contribution in [3.8, 4) is 0 Å². The van der Waals surface area contributed by atoms with Gasteiger partial charge in [0.15, 0.2) is 0 Å². The number of rotatable bonds is 5. The van der Waals surface area contributed by atoms with Gasteiger partial charge in [0.1, 0.15) is 5.82 Å². The number of methoxy groups -OCH3 is 1. The first-order valence-electron chi connectivity index (χ1n) is 8.86. The van der Waals surface area contributed by atoms with Gasteiger partial charge in [-0.1, -0.05) is 0 Å². The molecule has 8 heteroatoms. The van der Waals surface area contributed by atoms with Crippen LogP contribution in [0.3, 0.4) is 0 Å². The van der Waals surface area contributed by atoms with Crippen molar-refractivity contribution in [1.29, 1.82) is 0 Å². The molecule has 0 N–H and O–H groups in total. The Hall–Kier alpha value is -2.35. The van der Waals surface area contributed by atoms with E-state index in [1.54, 1.807) is 18.2 Å². The smallest absolute Gasteiger partial charge is 0.383 e. The lowest BCUT2D eigenvalue weighted by molar-refractivity contribution is -0.137. The Morgan fingerprint density at radius 3 is 2.70 bits per heavy atom. The van der Waals surface area contributed by atoms with Crippen LogP contribution in [0.4, 0.5) is 13.2 Å². The van der Waals surface area contributed by atoms with E-state index in [0.717, 1.165) is 30.8 Å². The summed E-state index contributed by atoms with van der Waals surface area (Å²) in [6.07, 6.45) is 0.971. The zero-order valence-electron chi connectivity index (χ0n) is 15.1. The third-order valence-corrected chi connectivity index (χ3v) is 4.82. The van der Waals surface area contributed by atoms with Crippen LogP contribution in [0.15, 0.2) is 36.7 Å². The van der Waals surface area contributed by atoms with Crippen molar-refractivity contribution in [3.05, 3.63) is 53.6 Å². The molecule has 1 atom stereocenters. The third-order valence-electron chi connectivity index (χ3n) is 4.82. The highest BCUT2D eigenvalue weighted by atomic mass is 19.4. The number of ether oxygens (including phenoxy) is 1. The minimum absolute atomic E-state index is 0.101. The van der Waals surface area contributed by atoms with Gasteiger partial charge in [-0.05, 0) is 37.1 Å². The Morgan fingerprint density at radius 2 is 2.04 bits per heavy atom. The average Bonchev–Trinajstić information content (AvgIpc) is 3.14. The third kappa shape index (κ3) is 4.50. The lowest BCUT2D eigenvalue weighted by Crippen LogP contribution is -2.39. The lowest BCUT2D eigenvalue weighted by atomic mass is 9.96. The van der Waals surface area contributed by atoms with Crippen LogP contribution in [0, 0.1) is 0 Å². The summed E-state index contributed by atoms with van der Waals surface area (Å²) in [7, 11) is 1.64. The van der Waals surface area contributed by atoms with Crippen LogP contribution in [0.5, 0.6) is 0 Å². The Morgan fingerprint density at radius 1 is 1.30 bits per heavy atom. The molecule has 0 unspecified atom stereocenters. The summed E-state index contributed by atoms with van der Waals surface area (Å²) < 4.78 is 45.2. The van der Waals surface area contributed by atoms with Crippen LogP contribution in [-0.4, -0.2) is 47.2 Å². The Balaban J connectivity index is 1.71. The highest BCUT2D eigenvalue weighted by molar-refractivity contribution is 5.94. The predicted octanol–water partition coefficient (Wildman–Crippen LogP) is 3.57. The highest BCUT2D eigenvalue weighted by Gasteiger charge is 2.31. The number of hydrogen-bond acceptors (Lipinski definition) is 3. The van der Waals surface area contributed by atoms with E-state index in [0.29, 0.717) is 26.2 Å². The number of carbonyl (C=O) groups is 1. The van der Waals surface area contributed by atoms with Crippen molar-refractivity contribution in [2.45, 2.75) is 31.5 Å². The number of aromatic nitrogens is 2. The van der Waals surface area contributed by atoms with Crippen molar-refractivity contribution in [1.82, 2.24) is 14.5 Å². The van der Waals surface area contributed by atoms with Crippen LogP contribution in [0.2, 0.25) is 0 Å². The molecule has 1 aromatic carbocycles. The van der Waals surface area contributed by atoms with Gasteiger partial charge < -0.3 is 14.2 Å². The van der Waals surface area contributed by atoms with Gasteiger partial charge in [-0.15, -0.1) is 0 Å². The van der Waals surface area contributed by atoms with Gasteiger partial charge in [0.05, 0.1) is 12.2 Å². The Kier molecular flexibility index (Phi) is 5.84. The molecule has 1 saturated heterocycles. The van der Waals surface area contributed by atoms with E-state index in [-0.39, 0.29) is 17.4 Å². The first-order valence-corrected chi connectivity index (χ1v) is 8.86. The molecule has 2 aromatic rings. The van der Waals surface area contributed by atoms with E-state index in [4.69, 9.17) is 4.74 Å². The number of amides is 1. The summed E-state index contributed by atoms with van der Waals surface area (Å²) in [5.74, 6) is 0.768. The fraction of sp³-hybridized carbons (Fsp3) is 0.474. The minimum Gasteiger partial charge on any atom is -0.383 e. The second-order valence-corrected chi connectivity index (χ2v) is 6.64. The summed E-state index contributed by atoms with van der Waals surface area (Å²) >= 11 is 0. The SMILES string of the molecule is COCCn1ccnc1[C@@H]1CCCN(C(=O)c2ccc(C(F)(F)F)cc2)C1. The molecular formula is C19H22F3N3O2. The molecule has 1 amide bonds. The molecule has 2 heterocycles. The second-order valence-electron chi connectivity index (χ2n) is 6.64. The maximum Gasteiger partial charge on any atom is 0.416 e. The van der Waals surface area contributed by atoms with Crippen molar-refractivity contribution < 1.29 is 22.7 Å². The monoisotopic (exact) mass is 381 g/mol. The van der Waals surface area contributed by atoms with E-state index in [9.17, 15) is 18.0 Å². The molecule has 0 spiro atoms.